The molecule has 0 aliphatic rings. The van der Waals surface area contributed by atoms with Gasteiger partial charge in [-0.25, -0.2) is 0 Å². The van der Waals surface area contributed by atoms with E-state index in [-0.39, 0.29) is 0 Å². The summed E-state index contributed by atoms with van der Waals surface area (Å²) in [7, 11) is 0. The first-order valence-corrected chi connectivity index (χ1v) is 5.70. The van der Waals surface area contributed by atoms with Crippen LogP contribution in [-0.4, -0.2) is 65.7 Å². The number of nitrogens with two attached hydrogens (primary N) is 1. The minimum Gasteiger partial charge on any atom is -0.480 e. The molecule has 7 N–H and O–H groups in total. The number of nitrogens with one attached hydrogen (secondary N) is 3. The molecule has 114 valence electrons. The molecule has 0 radical (unpaired) electrons. The van der Waals surface area contributed by atoms with E-state index in [1.807, 2.05) is 5.32 Å². The summed E-state index contributed by atoms with van der Waals surface area (Å²) in [6.07, 6.45) is -1.06. The van der Waals surface area contributed by atoms with Gasteiger partial charge in [0.2, 0.25) is 17.7 Å². The zero-order valence-electron chi connectivity index (χ0n) is 10.9. The Hall–Kier alpha value is -2.20. The van der Waals surface area contributed by atoms with E-state index in [9.17, 15) is 19.2 Å². The topological polar surface area (TPSA) is 171 Å². The number of aliphatic hydroxyl groups is 1. The van der Waals surface area contributed by atoms with Gasteiger partial charge in [0.15, 0.2) is 0 Å². The fourth-order valence-corrected chi connectivity index (χ4v) is 0.982. The number of aliphatic hydroxyl groups excluding tert-OH is 1. The Bertz CT molecular complexity index is 384. The van der Waals surface area contributed by atoms with Crippen LogP contribution in [-0.2, 0) is 19.2 Å². The first-order chi connectivity index (χ1) is 9.23. The van der Waals surface area contributed by atoms with E-state index in [4.69, 9.17) is 15.9 Å². The van der Waals surface area contributed by atoms with Gasteiger partial charge in [0, 0.05) is 0 Å². The molecule has 0 saturated heterocycles. The van der Waals surface area contributed by atoms with E-state index in [0.29, 0.717) is 0 Å². The number of rotatable bonds is 8. The average Bonchev–Trinajstić information content (AvgIpc) is 2.38. The van der Waals surface area contributed by atoms with Crippen LogP contribution in [0.4, 0.5) is 0 Å². The zero-order chi connectivity index (χ0) is 15.7. The molecule has 10 nitrogen and oxygen atoms in total. The average molecular weight is 290 g/mol. The lowest BCUT2D eigenvalue weighted by molar-refractivity contribution is -0.137. The Labute approximate surface area is 114 Å². The SMILES string of the molecule is CC(O)C(N)C(=O)NCC(=O)NCC(=O)NCC(=O)O. The Kier molecular flexibility index (Phi) is 7.85. The number of hydrogen-bond donors (Lipinski definition) is 6. The third-order valence-electron chi connectivity index (χ3n) is 2.13. The van der Waals surface area contributed by atoms with E-state index in [1.54, 1.807) is 0 Å². The maximum absolute atomic E-state index is 11.3. The number of carboxylic acids is 1. The van der Waals surface area contributed by atoms with Crippen molar-refractivity contribution in [2.24, 2.45) is 5.73 Å². The Morgan fingerprint density at radius 2 is 1.45 bits per heavy atom. The van der Waals surface area contributed by atoms with Crippen LogP contribution in [0.15, 0.2) is 0 Å². The zero-order valence-corrected chi connectivity index (χ0v) is 10.9. The molecule has 0 aromatic carbocycles. The van der Waals surface area contributed by atoms with Crippen molar-refractivity contribution in [3.05, 3.63) is 0 Å². The lowest BCUT2D eigenvalue weighted by atomic mass is 10.2. The monoisotopic (exact) mass is 290 g/mol. The number of amides is 3. The molecule has 0 aliphatic carbocycles. The van der Waals surface area contributed by atoms with Crippen molar-refractivity contribution in [3.8, 4) is 0 Å². The van der Waals surface area contributed by atoms with Gasteiger partial charge < -0.3 is 31.9 Å². The second-order valence-corrected chi connectivity index (χ2v) is 3.93. The van der Waals surface area contributed by atoms with Gasteiger partial charge >= 0.3 is 5.97 Å². The Morgan fingerprint density at radius 1 is 1.00 bits per heavy atom. The molecule has 2 unspecified atom stereocenters. The predicted octanol–water partition coefficient (Wildman–Crippen LogP) is -3.87. The van der Waals surface area contributed by atoms with Crippen molar-refractivity contribution in [2.75, 3.05) is 19.6 Å². The molecular formula is C10H18N4O6. The van der Waals surface area contributed by atoms with Crippen molar-refractivity contribution in [2.45, 2.75) is 19.1 Å². The molecule has 0 saturated carbocycles. The first kappa shape index (κ1) is 17.8. The van der Waals surface area contributed by atoms with Crippen molar-refractivity contribution in [1.82, 2.24) is 16.0 Å². The lowest BCUT2D eigenvalue weighted by Gasteiger charge is -2.14. The van der Waals surface area contributed by atoms with Gasteiger partial charge in [0.1, 0.15) is 12.6 Å². The van der Waals surface area contributed by atoms with Gasteiger partial charge in [-0.05, 0) is 6.92 Å². The molecule has 10 heteroatoms. The number of aliphatic carboxylic acids is 1. The summed E-state index contributed by atoms with van der Waals surface area (Å²) < 4.78 is 0. The summed E-state index contributed by atoms with van der Waals surface area (Å²) in [5.41, 5.74) is 5.32. The highest BCUT2D eigenvalue weighted by molar-refractivity contribution is 5.90. The maximum Gasteiger partial charge on any atom is 0.322 e. The van der Waals surface area contributed by atoms with Crippen LogP contribution in [0.5, 0.6) is 0 Å². The number of hydrogen-bond acceptors (Lipinski definition) is 6. The van der Waals surface area contributed by atoms with Gasteiger partial charge in [-0.15, -0.1) is 0 Å². The standard InChI is InChI=1S/C10H18N4O6/c1-5(15)9(11)10(20)14-3-7(17)12-2-6(16)13-4-8(18)19/h5,9,15H,2-4,11H2,1H3,(H,12,17)(H,13,16)(H,14,20)(H,18,19). The van der Waals surface area contributed by atoms with Crippen LogP contribution in [0.2, 0.25) is 0 Å². The van der Waals surface area contributed by atoms with E-state index >= 15 is 0 Å². The minimum atomic E-state index is -1.20. The molecule has 20 heavy (non-hydrogen) atoms. The van der Waals surface area contributed by atoms with Crippen molar-refractivity contribution < 1.29 is 29.4 Å². The molecule has 0 bridgehead atoms. The molecule has 3 amide bonds. The summed E-state index contributed by atoms with van der Waals surface area (Å²) in [6, 6.07) is -1.15. The van der Waals surface area contributed by atoms with Gasteiger partial charge in [-0.1, -0.05) is 0 Å². The highest BCUT2D eigenvalue weighted by atomic mass is 16.4. The number of carbonyl (C=O) groups is 4. The molecule has 0 aliphatic heterocycles. The highest BCUT2D eigenvalue weighted by Crippen LogP contribution is 1.87. The quantitative estimate of drug-likeness (QED) is 0.265. The van der Waals surface area contributed by atoms with Gasteiger partial charge in [0.25, 0.3) is 0 Å². The summed E-state index contributed by atoms with van der Waals surface area (Å²) in [5, 5.41) is 23.7. The molecule has 0 aromatic heterocycles. The second-order valence-electron chi connectivity index (χ2n) is 3.93. The molecule has 0 fully saturated rings. The molecule has 0 heterocycles. The van der Waals surface area contributed by atoms with Gasteiger partial charge in [-0.2, -0.15) is 0 Å². The summed E-state index contributed by atoms with van der Waals surface area (Å²) in [6.45, 7) is -0.0400. The minimum absolute atomic E-state index is 0.411. The highest BCUT2D eigenvalue weighted by Gasteiger charge is 2.19. The largest absolute Gasteiger partial charge is 0.480 e. The summed E-state index contributed by atoms with van der Waals surface area (Å²) in [4.78, 5) is 43.8. The lowest BCUT2D eigenvalue weighted by Crippen LogP contribution is -2.50. The van der Waals surface area contributed by atoms with Crippen LogP contribution in [0, 0.1) is 0 Å². The predicted molar refractivity (Wildman–Crippen MR) is 66.3 cm³/mol. The number of carbonyl (C=O) groups excluding carboxylic acids is 3. The Balaban J connectivity index is 3.87. The second kappa shape index (κ2) is 8.82. The number of carboxylic acid groups (broad SMARTS) is 1. The van der Waals surface area contributed by atoms with Crippen LogP contribution in [0.25, 0.3) is 0 Å². The van der Waals surface area contributed by atoms with Crippen molar-refractivity contribution in [3.63, 3.8) is 0 Å². The molecule has 2 atom stereocenters. The Morgan fingerprint density at radius 3 is 1.90 bits per heavy atom. The third kappa shape index (κ3) is 8.00. The fourth-order valence-electron chi connectivity index (χ4n) is 0.982. The van der Waals surface area contributed by atoms with Crippen molar-refractivity contribution in [1.29, 1.82) is 0 Å². The van der Waals surface area contributed by atoms with E-state index in [2.05, 4.69) is 10.6 Å². The van der Waals surface area contributed by atoms with Crippen LogP contribution < -0.4 is 21.7 Å². The van der Waals surface area contributed by atoms with Gasteiger partial charge in [0.05, 0.1) is 19.2 Å². The molecule has 0 spiro atoms. The van der Waals surface area contributed by atoms with Crippen LogP contribution in [0.1, 0.15) is 6.92 Å². The molecule has 0 rings (SSSR count). The van der Waals surface area contributed by atoms with E-state index in [1.165, 1.54) is 6.92 Å². The normalized spacial score (nSPS) is 12.9. The van der Waals surface area contributed by atoms with E-state index < -0.39 is 55.5 Å². The fraction of sp³-hybridized carbons (Fsp3) is 0.600. The molecular weight excluding hydrogens is 272 g/mol. The molecule has 0 aromatic rings. The maximum atomic E-state index is 11.3. The van der Waals surface area contributed by atoms with Crippen molar-refractivity contribution >= 4 is 23.7 Å². The van der Waals surface area contributed by atoms with Gasteiger partial charge in [-0.3, -0.25) is 19.2 Å². The third-order valence-corrected chi connectivity index (χ3v) is 2.13. The summed E-state index contributed by atoms with van der Waals surface area (Å²) >= 11 is 0. The summed E-state index contributed by atoms with van der Waals surface area (Å²) in [5.74, 6) is -3.23. The smallest absolute Gasteiger partial charge is 0.322 e. The van der Waals surface area contributed by atoms with E-state index in [0.717, 1.165) is 0 Å². The van der Waals surface area contributed by atoms with Crippen LogP contribution >= 0.6 is 0 Å². The first-order valence-electron chi connectivity index (χ1n) is 5.70. The van der Waals surface area contributed by atoms with Crippen LogP contribution in [0.3, 0.4) is 0 Å².